The number of benzene rings is 2. The second kappa shape index (κ2) is 8.58. The van der Waals surface area contributed by atoms with Crippen molar-refractivity contribution in [3.63, 3.8) is 0 Å². The molecule has 23 heavy (non-hydrogen) atoms. The minimum atomic E-state index is -0.467. The van der Waals surface area contributed by atoms with Crippen LogP contribution in [0.5, 0.6) is 5.75 Å². The van der Waals surface area contributed by atoms with Gasteiger partial charge in [-0.2, -0.15) is 0 Å². The maximum absolute atomic E-state index is 13.3. The Morgan fingerprint density at radius 1 is 1.17 bits per heavy atom. The minimum Gasteiger partial charge on any atom is -0.481 e. The number of ether oxygens (including phenoxy) is 1. The van der Waals surface area contributed by atoms with Gasteiger partial charge in [0.15, 0.2) is 18.2 Å². The zero-order valence-electron chi connectivity index (χ0n) is 13.3. The van der Waals surface area contributed by atoms with Crippen molar-refractivity contribution in [2.75, 3.05) is 18.9 Å². The summed E-state index contributed by atoms with van der Waals surface area (Å²) in [5.41, 5.74) is 2.53. The van der Waals surface area contributed by atoms with Crippen LogP contribution < -0.4 is 10.1 Å². The summed E-state index contributed by atoms with van der Waals surface area (Å²) in [5.74, 6) is 0.139. The van der Waals surface area contributed by atoms with Crippen molar-refractivity contribution < 1.29 is 13.9 Å². The molecule has 0 aliphatic carbocycles. The third-order valence-electron chi connectivity index (χ3n) is 3.37. The van der Waals surface area contributed by atoms with Gasteiger partial charge >= 0.3 is 0 Å². The molecular weight excluding hydrogens is 313 g/mol. The third-order valence-corrected chi connectivity index (χ3v) is 4.36. The predicted octanol–water partition coefficient (Wildman–Crippen LogP) is 3.73. The van der Waals surface area contributed by atoms with Crippen molar-refractivity contribution in [2.24, 2.45) is 0 Å². The fourth-order valence-electron chi connectivity index (χ4n) is 1.92. The van der Waals surface area contributed by atoms with Crippen molar-refractivity contribution in [1.82, 2.24) is 5.32 Å². The molecule has 0 aromatic heterocycles. The molecule has 0 saturated carbocycles. The lowest BCUT2D eigenvalue weighted by molar-refractivity contribution is -0.123. The van der Waals surface area contributed by atoms with Crippen LogP contribution in [0.2, 0.25) is 0 Å². The molecule has 1 N–H and O–H groups in total. The van der Waals surface area contributed by atoms with Gasteiger partial charge in [-0.15, -0.1) is 11.8 Å². The largest absolute Gasteiger partial charge is 0.481 e. The molecule has 0 spiro atoms. The van der Waals surface area contributed by atoms with Crippen molar-refractivity contribution in [3.05, 3.63) is 59.4 Å². The molecule has 2 aromatic rings. The van der Waals surface area contributed by atoms with E-state index in [1.807, 2.05) is 0 Å². The fourth-order valence-corrected chi connectivity index (χ4v) is 2.78. The molecule has 122 valence electrons. The van der Waals surface area contributed by atoms with Crippen LogP contribution in [0, 0.1) is 19.7 Å². The summed E-state index contributed by atoms with van der Waals surface area (Å²) in [6, 6.07) is 12.4. The van der Waals surface area contributed by atoms with E-state index in [2.05, 4.69) is 37.4 Å². The molecule has 5 heteroatoms. The van der Waals surface area contributed by atoms with Gasteiger partial charge in [0.2, 0.25) is 0 Å². The Balaban J connectivity index is 1.67. The molecule has 0 bridgehead atoms. The van der Waals surface area contributed by atoms with Crippen LogP contribution >= 0.6 is 11.8 Å². The molecule has 2 aromatic carbocycles. The van der Waals surface area contributed by atoms with Gasteiger partial charge in [-0.05, 0) is 49.2 Å². The minimum absolute atomic E-state index is 0.0900. The molecule has 0 heterocycles. The van der Waals surface area contributed by atoms with E-state index in [-0.39, 0.29) is 18.3 Å². The first kappa shape index (κ1) is 17.3. The first-order valence-corrected chi connectivity index (χ1v) is 8.39. The molecule has 0 aliphatic rings. The average Bonchev–Trinajstić information content (AvgIpc) is 2.54. The second-order valence-electron chi connectivity index (χ2n) is 5.16. The summed E-state index contributed by atoms with van der Waals surface area (Å²) in [6.07, 6.45) is 0. The Hall–Kier alpha value is -2.01. The molecule has 0 unspecified atom stereocenters. The number of thioether (sulfide) groups is 1. The number of amides is 1. The molecule has 0 saturated heterocycles. The fraction of sp³-hybridized carbons (Fsp3) is 0.278. The van der Waals surface area contributed by atoms with Crippen LogP contribution in [0.1, 0.15) is 11.1 Å². The standard InChI is InChI=1S/C18H20FNO2S/c1-13-7-8-15(11-14(13)2)23-10-9-20-18(21)12-22-17-6-4-3-5-16(17)19/h3-8,11H,9-10,12H2,1-2H3,(H,20,21). The van der Waals surface area contributed by atoms with Crippen LogP contribution in [0.3, 0.4) is 0 Å². The zero-order valence-corrected chi connectivity index (χ0v) is 14.1. The van der Waals surface area contributed by atoms with E-state index in [4.69, 9.17) is 4.74 Å². The van der Waals surface area contributed by atoms with E-state index in [0.717, 1.165) is 5.75 Å². The predicted molar refractivity (Wildman–Crippen MR) is 91.5 cm³/mol. The zero-order chi connectivity index (χ0) is 16.7. The number of hydrogen-bond acceptors (Lipinski definition) is 3. The summed E-state index contributed by atoms with van der Waals surface area (Å²) in [5, 5.41) is 2.76. The number of aryl methyl sites for hydroxylation is 2. The van der Waals surface area contributed by atoms with Crippen molar-refractivity contribution >= 4 is 17.7 Å². The highest BCUT2D eigenvalue weighted by Gasteiger charge is 2.06. The molecule has 0 aliphatic heterocycles. The van der Waals surface area contributed by atoms with Gasteiger partial charge in [-0.1, -0.05) is 18.2 Å². The van der Waals surface area contributed by atoms with Gasteiger partial charge in [0.05, 0.1) is 0 Å². The van der Waals surface area contributed by atoms with Gasteiger partial charge in [0.25, 0.3) is 5.91 Å². The average molecular weight is 333 g/mol. The molecule has 0 fully saturated rings. The smallest absolute Gasteiger partial charge is 0.257 e. The topological polar surface area (TPSA) is 38.3 Å². The SMILES string of the molecule is Cc1ccc(SCCNC(=O)COc2ccccc2F)cc1C. The molecule has 3 nitrogen and oxygen atoms in total. The lowest BCUT2D eigenvalue weighted by atomic mass is 10.1. The molecule has 0 atom stereocenters. The Bertz CT molecular complexity index is 676. The third kappa shape index (κ3) is 5.60. The lowest BCUT2D eigenvalue weighted by Crippen LogP contribution is -2.30. The molecular formula is C18H20FNO2S. The summed E-state index contributed by atoms with van der Waals surface area (Å²) >= 11 is 1.69. The van der Waals surface area contributed by atoms with Gasteiger partial charge in [-0.3, -0.25) is 4.79 Å². The number of nitrogens with one attached hydrogen (secondary N) is 1. The van der Waals surface area contributed by atoms with Gasteiger partial charge < -0.3 is 10.1 Å². The summed E-state index contributed by atoms with van der Waals surface area (Å²) < 4.78 is 18.5. The van der Waals surface area contributed by atoms with Crippen LogP contribution in [0.4, 0.5) is 4.39 Å². The summed E-state index contributed by atoms with van der Waals surface area (Å²) in [6.45, 7) is 4.52. The number of hydrogen-bond donors (Lipinski definition) is 1. The quantitative estimate of drug-likeness (QED) is 0.620. The highest BCUT2D eigenvalue weighted by Crippen LogP contribution is 2.20. The molecule has 2 rings (SSSR count). The van der Waals surface area contributed by atoms with E-state index >= 15 is 0 Å². The summed E-state index contributed by atoms with van der Waals surface area (Å²) in [4.78, 5) is 12.9. The van der Waals surface area contributed by atoms with Crippen LogP contribution in [-0.2, 0) is 4.79 Å². The van der Waals surface area contributed by atoms with Crippen molar-refractivity contribution in [2.45, 2.75) is 18.7 Å². The van der Waals surface area contributed by atoms with Crippen molar-refractivity contribution in [1.29, 1.82) is 0 Å². The van der Waals surface area contributed by atoms with Crippen molar-refractivity contribution in [3.8, 4) is 5.75 Å². The number of para-hydroxylation sites is 1. The van der Waals surface area contributed by atoms with E-state index in [9.17, 15) is 9.18 Å². The number of halogens is 1. The highest BCUT2D eigenvalue weighted by molar-refractivity contribution is 7.99. The van der Waals surface area contributed by atoms with Gasteiger partial charge in [0, 0.05) is 17.2 Å². The monoisotopic (exact) mass is 333 g/mol. The van der Waals surface area contributed by atoms with E-state index in [1.165, 1.54) is 28.2 Å². The van der Waals surface area contributed by atoms with Crippen LogP contribution in [-0.4, -0.2) is 24.8 Å². The van der Waals surface area contributed by atoms with E-state index in [0.29, 0.717) is 6.54 Å². The Kier molecular flexibility index (Phi) is 6.47. The number of rotatable bonds is 7. The summed E-state index contributed by atoms with van der Waals surface area (Å²) in [7, 11) is 0. The first-order valence-electron chi connectivity index (χ1n) is 7.40. The Labute approximate surface area is 140 Å². The number of carbonyl (C=O) groups excluding carboxylic acids is 1. The highest BCUT2D eigenvalue weighted by atomic mass is 32.2. The maximum atomic E-state index is 13.3. The van der Waals surface area contributed by atoms with Crippen LogP contribution in [0.15, 0.2) is 47.4 Å². The second-order valence-corrected chi connectivity index (χ2v) is 6.33. The maximum Gasteiger partial charge on any atom is 0.257 e. The normalized spacial score (nSPS) is 10.4. The molecule has 1 amide bonds. The molecule has 0 radical (unpaired) electrons. The van der Waals surface area contributed by atoms with Gasteiger partial charge in [-0.25, -0.2) is 4.39 Å². The first-order chi connectivity index (χ1) is 11.1. The Morgan fingerprint density at radius 2 is 1.96 bits per heavy atom. The van der Waals surface area contributed by atoms with E-state index < -0.39 is 5.82 Å². The van der Waals surface area contributed by atoms with E-state index in [1.54, 1.807) is 23.9 Å². The number of carbonyl (C=O) groups is 1. The lowest BCUT2D eigenvalue weighted by Gasteiger charge is -2.08. The van der Waals surface area contributed by atoms with Crippen LogP contribution in [0.25, 0.3) is 0 Å². The van der Waals surface area contributed by atoms with Gasteiger partial charge in [0.1, 0.15) is 0 Å². The Morgan fingerprint density at radius 3 is 2.70 bits per heavy atom.